The first kappa shape index (κ1) is 14.5. The van der Waals surface area contributed by atoms with E-state index >= 15 is 0 Å². The topological polar surface area (TPSA) is 24.1 Å². The van der Waals surface area contributed by atoms with Gasteiger partial charge in [-0.2, -0.15) is 0 Å². The average molecular weight is 264 g/mol. The van der Waals surface area contributed by atoms with Crippen LogP contribution in [0.2, 0.25) is 0 Å². The van der Waals surface area contributed by atoms with E-state index in [9.17, 15) is 4.39 Å². The summed E-state index contributed by atoms with van der Waals surface area (Å²) in [7, 11) is 0. The first-order valence-corrected chi connectivity index (χ1v) is 7.39. The van der Waals surface area contributed by atoms with Crippen LogP contribution in [0.5, 0.6) is 0 Å². The fourth-order valence-electron chi connectivity index (χ4n) is 2.78. The molecule has 2 atom stereocenters. The third kappa shape index (κ3) is 4.29. The summed E-state index contributed by atoms with van der Waals surface area (Å²) in [6.07, 6.45) is 3.87. The van der Waals surface area contributed by atoms with Gasteiger partial charge < -0.3 is 10.6 Å². The largest absolute Gasteiger partial charge is 0.313 e. The second kappa shape index (κ2) is 7.01. The van der Waals surface area contributed by atoms with Crippen molar-refractivity contribution in [3.05, 3.63) is 35.6 Å². The summed E-state index contributed by atoms with van der Waals surface area (Å²) in [6, 6.07) is 7.75. The minimum atomic E-state index is -0.166. The molecule has 0 bridgehead atoms. The predicted molar refractivity (Wildman–Crippen MR) is 77.6 cm³/mol. The van der Waals surface area contributed by atoms with Crippen LogP contribution in [0.3, 0.4) is 0 Å². The van der Waals surface area contributed by atoms with Gasteiger partial charge in [0.15, 0.2) is 0 Å². The molecule has 1 aromatic rings. The van der Waals surface area contributed by atoms with Crippen molar-refractivity contribution in [2.24, 2.45) is 5.92 Å². The number of halogens is 1. The lowest BCUT2D eigenvalue weighted by Gasteiger charge is -2.28. The lowest BCUT2D eigenvalue weighted by atomic mass is 9.95. The van der Waals surface area contributed by atoms with E-state index in [1.54, 1.807) is 12.1 Å². The van der Waals surface area contributed by atoms with Gasteiger partial charge in [0, 0.05) is 18.6 Å². The van der Waals surface area contributed by atoms with Gasteiger partial charge >= 0.3 is 0 Å². The van der Waals surface area contributed by atoms with Crippen LogP contribution in [0.4, 0.5) is 4.39 Å². The standard InChI is InChI=1S/C16H25FN2/c1-12(2)16(13-6-8-14(17)9-7-13)19-11-15-5-3-4-10-18-15/h6-9,12,15-16,18-19H,3-5,10-11H2,1-2H3. The monoisotopic (exact) mass is 264 g/mol. The van der Waals surface area contributed by atoms with Gasteiger partial charge in [0.2, 0.25) is 0 Å². The summed E-state index contributed by atoms with van der Waals surface area (Å²) in [6.45, 7) is 6.53. The van der Waals surface area contributed by atoms with Crippen molar-refractivity contribution in [2.75, 3.05) is 13.1 Å². The Morgan fingerprint density at radius 1 is 1.26 bits per heavy atom. The molecular formula is C16H25FN2. The minimum absolute atomic E-state index is 0.166. The zero-order valence-corrected chi connectivity index (χ0v) is 12.0. The molecule has 2 rings (SSSR count). The molecular weight excluding hydrogens is 239 g/mol. The molecule has 0 spiro atoms. The molecule has 0 aromatic heterocycles. The first-order chi connectivity index (χ1) is 9.16. The van der Waals surface area contributed by atoms with E-state index in [1.807, 2.05) is 12.1 Å². The average Bonchev–Trinajstić information content (AvgIpc) is 2.42. The van der Waals surface area contributed by atoms with Gasteiger partial charge in [-0.25, -0.2) is 4.39 Å². The lowest BCUT2D eigenvalue weighted by Crippen LogP contribution is -2.43. The van der Waals surface area contributed by atoms with Crippen LogP contribution in [0.25, 0.3) is 0 Å². The number of rotatable bonds is 5. The van der Waals surface area contributed by atoms with Crippen LogP contribution in [0, 0.1) is 11.7 Å². The normalized spacial score (nSPS) is 21.6. The molecule has 1 saturated heterocycles. The van der Waals surface area contributed by atoms with Crippen LogP contribution >= 0.6 is 0 Å². The molecule has 1 aliphatic rings. The molecule has 0 radical (unpaired) electrons. The Bertz CT molecular complexity index is 369. The minimum Gasteiger partial charge on any atom is -0.313 e. The van der Waals surface area contributed by atoms with Gasteiger partial charge in [-0.1, -0.05) is 32.4 Å². The third-order valence-electron chi connectivity index (χ3n) is 3.89. The second-order valence-corrected chi connectivity index (χ2v) is 5.83. The van der Waals surface area contributed by atoms with E-state index in [0.29, 0.717) is 18.0 Å². The van der Waals surface area contributed by atoms with E-state index < -0.39 is 0 Å². The molecule has 1 fully saturated rings. The molecule has 0 aliphatic carbocycles. The van der Waals surface area contributed by atoms with Gasteiger partial charge in [-0.05, 0) is 43.0 Å². The molecule has 1 aliphatic heterocycles. The summed E-state index contributed by atoms with van der Waals surface area (Å²) in [4.78, 5) is 0. The van der Waals surface area contributed by atoms with Crippen molar-refractivity contribution in [3.8, 4) is 0 Å². The Labute approximate surface area is 115 Å². The van der Waals surface area contributed by atoms with E-state index in [0.717, 1.165) is 13.1 Å². The van der Waals surface area contributed by atoms with Crippen LogP contribution in [-0.4, -0.2) is 19.1 Å². The highest BCUT2D eigenvalue weighted by atomic mass is 19.1. The van der Waals surface area contributed by atoms with Crippen molar-refractivity contribution in [3.63, 3.8) is 0 Å². The maximum absolute atomic E-state index is 13.0. The maximum Gasteiger partial charge on any atom is 0.123 e. The zero-order chi connectivity index (χ0) is 13.7. The van der Waals surface area contributed by atoms with Crippen molar-refractivity contribution < 1.29 is 4.39 Å². The van der Waals surface area contributed by atoms with E-state index in [1.165, 1.54) is 24.8 Å². The highest BCUT2D eigenvalue weighted by Gasteiger charge is 2.18. The van der Waals surface area contributed by atoms with E-state index in [2.05, 4.69) is 24.5 Å². The van der Waals surface area contributed by atoms with Gasteiger partial charge in [-0.3, -0.25) is 0 Å². The highest BCUT2D eigenvalue weighted by Crippen LogP contribution is 2.22. The molecule has 19 heavy (non-hydrogen) atoms. The van der Waals surface area contributed by atoms with Gasteiger partial charge in [-0.15, -0.1) is 0 Å². The molecule has 1 heterocycles. The summed E-state index contributed by atoms with van der Waals surface area (Å²) in [5.74, 6) is 0.328. The molecule has 0 saturated carbocycles. The van der Waals surface area contributed by atoms with Gasteiger partial charge in [0.1, 0.15) is 5.82 Å². The Morgan fingerprint density at radius 3 is 2.58 bits per heavy atom. The van der Waals surface area contributed by atoms with Gasteiger partial charge in [0.05, 0.1) is 0 Å². The molecule has 1 aromatic carbocycles. The number of hydrogen-bond donors (Lipinski definition) is 2. The molecule has 2 N–H and O–H groups in total. The Balaban J connectivity index is 1.94. The molecule has 3 heteroatoms. The highest BCUT2D eigenvalue weighted by molar-refractivity contribution is 5.20. The van der Waals surface area contributed by atoms with E-state index in [-0.39, 0.29) is 5.82 Å². The van der Waals surface area contributed by atoms with Gasteiger partial charge in [0.25, 0.3) is 0 Å². The Kier molecular flexibility index (Phi) is 5.34. The van der Waals surface area contributed by atoms with Crippen molar-refractivity contribution >= 4 is 0 Å². The Morgan fingerprint density at radius 2 is 2.00 bits per heavy atom. The maximum atomic E-state index is 13.0. The molecule has 106 valence electrons. The summed E-state index contributed by atoms with van der Waals surface area (Å²) in [5.41, 5.74) is 1.17. The second-order valence-electron chi connectivity index (χ2n) is 5.83. The molecule has 0 amide bonds. The fourth-order valence-corrected chi connectivity index (χ4v) is 2.78. The third-order valence-corrected chi connectivity index (χ3v) is 3.89. The number of piperidine rings is 1. The molecule has 2 unspecified atom stereocenters. The van der Waals surface area contributed by atoms with Crippen LogP contribution in [-0.2, 0) is 0 Å². The predicted octanol–water partition coefficient (Wildman–Crippen LogP) is 3.25. The Hall–Kier alpha value is -0.930. The van der Waals surface area contributed by atoms with Crippen molar-refractivity contribution in [1.29, 1.82) is 0 Å². The summed E-state index contributed by atoms with van der Waals surface area (Å²) < 4.78 is 13.0. The smallest absolute Gasteiger partial charge is 0.123 e. The van der Waals surface area contributed by atoms with Crippen LogP contribution in [0.15, 0.2) is 24.3 Å². The van der Waals surface area contributed by atoms with Crippen molar-refractivity contribution in [2.45, 2.75) is 45.2 Å². The first-order valence-electron chi connectivity index (χ1n) is 7.39. The summed E-state index contributed by atoms with van der Waals surface area (Å²) >= 11 is 0. The fraction of sp³-hybridized carbons (Fsp3) is 0.625. The zero-order valence-electron chi connectivity index (χ0n) is 12.0. The van der Waals surface area contributed by atoms with Crippen LogP contribution < -0.4 is 10.6 Å². The van der Waals surface area contributed by atoms with Crippen molar-refractivity contribution in [1.82, 2.24) is 10.6 Å². The number of hydrogen-bond acceptors (Lipinski definition) is 2. The van der Waals surface area contributed by atoms with E-state index in [4.69, 9.17) is 0 Å². The lowest BCUT2D eigenvalue weighted by molar-refractivity contribution is 0.338. The number of benzene rings is 1. The molecule has 2 nitrogen and oxygen atoms in total. The summed E-state index contributed by atoms with van der Waals surface area (Å²) in [5, 5.41) is 7.19. The SMILES string of the molecule is CC(C)C(NCC1CCCCN1)c1ccc(F)cc1. The van der Waals surface area contributed by atoms with Crippen LogP contribution in [0.1, 0.15) is 44.7 Å². The number of nitrogens with one attached hydrogen (secondary N) is 2. The quantitative estimate of drug-likeness (QED) is 0.853.